The van der Waals surface area contributed by atoms with Gasteiger partial charge >= 0.3 is 6.03 Å². The predicted octanol–water partition coefficient (Wildman–Crippen LogP) is 1.19. The Hall–Kier alpha value is -1.52. The summed E-state index contributed by atoms with van der Waals surface area (Å²) >= 11 is 0. The Morgan fingerprint density at radius 2 is 2.33 bits per heavy atom. The van der Waals surface area contributed by atoms with Gasteiger partial charge in [-0.1, -0.05) is 6.92 Å². The van der Waals surface area contributed by atoms with Gasteiger partial charge in [0.15, 0.2) is 0 Å². The molecule has 2 amide bonds. The van der Waals surface area contributed by atoms with Crippen LogP contribution < -0.4 is 10.6 Å². The van der Waals surface area contributed by atoms with Gasteiger partial charge < -0.3 is 15.2 Å². The third-order valence-corrected chi connectivity index (χ3v) is 2.26. The minimum Gasteiger partial charge on any atom is -0.338 e. The summed E-state index contributed by atoms with van der Waals surface area (Å²) in [6, 6.07) is -0.116. The smallest absolute Gasteiger partial charge is 0.315 e. The number of nitrogens with one attached hydrogen (secondary N) is 2. The molecule has 0 bridgehead atoms. The van der Waals surface area contributed by atoms with Gasteiger partial charge in [0, 0.05) is 13.6 Å². The summed E-state index contributed by atoms with van der Waals surface area (Å²) in [4.78, 5) is 15.4. The highest BCUT2D eigenvalue weighted by atomic mass is 16.2. The van der Waals surface area contributed by atoms with Crippen molar-refractivity contribution in [2.24, 2.45) is 7.05 Å². The molecule has 0 radical (unpaired) electrons. The first-order chi connectivity index (χ1) is 7.19. The minimum atomic E-state index is -0.134. The van der Waals surface area contributed by atoms with E-state index in [1.165, 1.54) is 0 Å². The number of urea groups is 1. The number of nitrogens with zero attached hydrogens (tertiary/aromatic N) is 2. The van der Waals surface area contributed by atoms with E-state index in [1.54, 1.807) is 12.5 Å². The largest absolute Gasteiger partial charge is 0.338 e. The van der Waals surface area contributed by atoms with Gasteiger partial charge in [-0.3, -0.25) is 0 Å². The van der Waals surface area contributed by atoms with Crippen LogP contribution in [0, 0.1) is 0 Å². The van der Waals surface area contributed by atoms with Gasteiger partial charge in [0.2, 0.25) is 0 Å². The molecule has 1 aromatic rings. The van der Waals surface area contributed by atoms with Crippen LogP contribution in [0.15, 0.2) is 12.5 Å². The molecule has 15 heavy (non-hydrogen) atoms. The number of imidazole rings is 1. The Kier molecular flexibility index (Phi) is 4.15. The third-order valence-electron chi connectivity index (χ3n) is 2.26. The van der Waals surface area contributed by atoms with Gasteiger partial charge in [0.05, 0.1) is 24.3 Å². The van der Waals surface area contributed by atoms with Crippen LogP contribution in [0.1, 0.15) is 32.0 Å². The highest BCUT2D eigenvalue weighted by molar-refractivity contribution is 5.74. The number of rotatable bonds is 4. The molecule has 0 aliphatic heterocycles. The van der Waals surface area contributed by atoms with E-state index in [1.807, 2.05) is 25.5 Å². The molecule has 0 aliphatic rings. The summed E-state index contributed by atoms with van der Waals surface area (Å²) in [7, 11) is 1.92. The van der Waals surface area contributed by atoms with Gasteiger partial charge in [-0.2, -0.15) is 0 Å². The van der Waals surface area contributed by atoms with Gasteiger partial charge in [-0.25, -0.2) is 9.78 Å². The van der Waals surface area contributed by atoms with Crippen LogP contribution in [-0.2, 0) is 7.05 Å². The molecule has 1 heterocycles. The second kappa shape index (κ2) is 5.38. The Labute approximate surface area is 89.9 Å². The normalized spacial score (nSPS) is 12.2. The van der Waals surface area contributed by atoms with Crippen molar-refractivity contribution in [1.82, 2.24) is 20.2 Å². The van der Waals surface area contributed by atoms with E-state index >= 15 is 0 Å². The van der Waals surface area contributed by atoms with Crippen LogP contribution >= 0.6 is 0 Å². The van der Waals surface area contributed by atoms with Crippen molar-refractivity contribution in [3.8, 4) is 0 Å². The molecular weight excluding hydrogens is 192 g/mol. The second-order valence-corrected chi connectivity index (χ2v) is 3.39. The van der Waals surface area contributed by atoms with Gasteiger partial charge in [0.1, 0.15) is 0 Å². The van der Waals surface area contributed by atoms with Crippen LogP contribution in [0.5, 0.6) is 0 Å². The summed E-state index contributed by atoms with van der Waals surface area (Å²) in [6.45, 7) is 4.56. The van der Waals surface area contributed by atoms with Crippen LogP contribution in [0.3, 0.4) is 0 Å². The molecular formula is C10H18N4O. The van der Waals surface area contributed by atoms with Gasteiger partial charge in [-0.05, 0) is 13.3 Å². The molecule has 1 unspecified atom stereocenters. The zero-order chi connectivity index (χ0) is 11.3. The molecule has 0 saturated carbocycles. The Morgan fingerprint density at radius 1 is 1.60 bits per heavy atom. The number of hydrogen-bond acceptors (Lipinski definition) is 2. The fourth-order valence-corrected chi connectivity index (χ4v) is 1.46. The van der Waals surface area contributed by atoms with Gasteiger partial charge in [-0.15, -0.1) is 0 Å². The van der Waals surface area contributed by atoms with Crippen molar-refractivity contribution in [1.29, 1.82) is 0 Å². The van der Waals surface area contributed by atoms with E-state index in [-0.39, 0.29) is 12.1 Å². The molecule has 84 valence electrons. The predicted molar refractivity (Wildman–Crippen MR) is 58.4 cm³/mol. The lowest BCUT2D eigenvalue weighted by Gasteiger charge is -2.17. The zero-order valence-corrected chi connectivity index (χ0v) is 9.45. The van der Waals surface area contributed by atoms with Crippen molar-refractivity contribution in [2.45, 2.75) is 26.3 Å². The second-order valence-electron chi connectivity index (χ2n) is 3.39. The SMILES string of the molecule is CCNC(=O)NC(CC)c1cncn1C. The number of carbonyl (C=O) groups excluding carboxylic acids is 1. The topological polar surface area (TPSA) is 59.0 Å². The minimum absolute atomic E-state index is 0.0176. The molecule has 0 spiro atoms. The maximum Gasteiger partial charge on any atom is 0.315 e. The average Bonchev–Trinajstić information content (AvgIpc) is 2.61. The maximum atomic E-state index is 11.4. The Bertz CT molecular complexity index is 321. The molecule has 0 aliphatic carbocycles. The molecule has 0 fully saturated rings. The molecule has 1 rings (SSSR count). The lowest BCUT2D eigenvalue weighted by atomic mass is 10.1. The fourth-order valence-electron chi connectivity index (χ4n) is 1.46. The monoisotopic (exact) mass is 210 g/mol. The molecule has 5 heteroatoms. The first kappa shape index (κ1) is 11.6. The lowest BCUT2D eigenvalue weighted by molar-refractivity contribution is 0.236. The average molecular weight is 210 g/mol. The summed E-state index contributed by atoms with van der Waals surface area (Å²) in [5.41, 5.74) is 1.02. The summed E-state index contributed by atoms with van der Waals surface area (Å²) in [6.07, 6.45) is 4.36. The van der Waals surface area contributed by atoms with Crippen molar-refractivity contribution in [3.05, 3.63) is 18.2 Å². The maximum absolute atomic E-state index is 11.4. The lowest BCUT2D eigenvalue weighted by Crippen LogP contribution is -2.38. The quantitative estimate of drug-likeness (QED) is 0.784. The number of aromatic nitrogens is 2. The highest BCUT2D eigenvalue weighted by Crippen LogP contribution is 2.14. The standard InChI is InChI=1S/C10H18N4O/c1-4-8(13-10(15)12-5-2)9-6-11-7-14(9)3/h6-8H,4-5H2,1-3H3,(H2,12,13,15). The molecule has 0 aromatic carbocycles. The first-order valence-electron chi connectivity index (χ1n) is 5.19. The first-order valence-corrected chi connectivity index (χ1v) is 5.19. The molecule has 1 atom stereocenters. The fraction of sp³-hybridized carbons (Fsp3) is 0.600. The molecule has 0 saturated heterocycles. The van der Waals surface area contributed by atoms with Gasteiger partial charge in [0.25, 0.3) is 0 Å². The van der Waals surface area contributed by atoms with E-state index in [4.69, 9.17) is 0 Å². The van der Waals surface area contributed by atoms with Crippen LogP contribution in [0.2, 0.25) is 0 Å². The van der Waals surface area contributed by atoms with Crippen molar-refractivity contribution in [2.75, 3.05) is 6.54 Å². The van der Waals surface area contributed by atoms with Crippen molar-refractivity contribution < 1.29 is 4.79 Å². The Balaban J connectivity index is 2.64. The van der Waals surface area contributed by atoms with Crippen LogP contribution in [-0.4, -0.2) is 22.1 Å². The molecule has 2 N–H and O–H groups in total. The summed E-state index contributed by atoms with van der Waals surface area (Å²) < 4.78 is 1.92. The van der Waals surface area contributed by atoms with Crippen LogP contribution in [0.4, 0.5) is 4.79 Å². The third kappa shape index (κ3) is 2.97. The van der Waals surface area contributed by atoms with E-state index in [0.717, 1.165) is 12.1 Å². The number of carbonyl (C=O) groups is 1. The van der Waals surface area contributed by atoms with E-state index in [9.17, 15) is 4.79 Å². The van der Waals surface area contributed by atoms with E-state index < -0.39 is 0 Å². The van der Waals surface area contributed by atoms with E-state index in [2.05, 4.69) is 15.6 Å². The zero-order valence-electron chi connectivity index (χ0n) is 9.45. The van der Waals surface area contributed by atoms with Crippen molar-refractivity contribution >= 4 is 6.03 Å². The number of aryl methyl sites for hydroxylation is 1. The van der Waals surface area contributed by atoms with E-state index in [0.29, 0.717) is 6.54 Å². The number of amides is 2. The highest BCUT2D eigenvalue weighted by Gasteiger charge is 2.14. The molecule has 1 aromatic heterocycles. The molecule has 5 nitrogen and oxygen atoms in total. The Morgan fingerprint density at radius 3 is 2.80 bits per heavy atom. The number of hydrogen-bond donors (Lipinski definition) is 2. The van der Waals surface area contributed by atoms with Crippen LogP contribution in [0.25, 0.3) is 0 Å². The van der Waals surface area contributed by atoms with Crippen molar-refractivity contribution in [3.63, 3.8) is 0 Å². The summed E-state index contributed by atoms with van der Waals surface area (Å²) in [5.74, 6) is 0. The summed E-state index contributed by atoms with van der Waals surface area (Å²) in [5, 5.41) is 5.61.